The molecule has 0 amide bonds. The van der Waals surface area contributed by atoms with E-state index in [1.165, 1.54) is 0 Å². The highest BCUT2D eigenvalue weighted by Gasteiger charge is 2.21. The predicted octanol–water partition coefficient (Wildman–Crippen LogP) is 1.33. The van der Waals surface area contributed by atoms with E-state index in [0.29, 0.717) is 6.04 Å². The molecule has 12 heavy (non-hydrogen) atoms. The molecule has 0 spiro atoms. The lowest BCUT2D eigenvalue weighted by molar-refractivity contribution is 0.484. The Kier molecular flexibility index (Phi) is 1.64. The zero-order valence-corrected chi connectivity index (χ0v) is 6.22. The maximum absolute atomic E-state index is 12.5. The Hall–Kier alpha value is -1.26. The summed E-state index contributed by atoms with van der Waals surface area (Å²) in [4.78, 5) is 6.26. The molecule has 0 saturated heterocycles. The van der Waals surface area contributed by atoms with Crippen molar-refractivity contribution in [2.75, 3.05) is 5.32 Å². The van der Waals surface area contributed by atoms with Crippen LogP contribution in [-0.4, -0.2) is 16.0 Å². The van der Waals surface area contributed by atoms with Gasteiger partial charge in [0.15, 0.2) is 0 Å². The van der Waals surface area contributed by atoms with Crippen molar-refractivity contribution >= 4 is 5.82 Å². The maximum Gasteiger partial charge on any atom is 0.313 e. The van der Waals surface area contributed by atoms with Gasteiger partial charge in [-0.15, -0.1) is 0 Å². The largest absolute Gasteiger partial charge is 0.367 e. The first-order chi connectivity index (χ1) is 5.74. The van der Waals surface area contributed by atoms with E-state index in [0.717, 1.165) is 18.9 Å². The molecule has 0 radical (unpaired) electrons. The first kappa shape index (κ1) is 7.39. The Labute approximate surface area is 67.8 Å². The van der Waals surface area contributed by atoms with E-state index in [1.54, 1.807) is 0 Å². The Morgan fingerprint density at radius 1 is 1.33 bits per heavy atom. The predicted molar refractivity (Wildman–Crippen MR) is 38.6 cm³/mol. The summed E-state index contributed by atoms with van der Waals surface area (Å²) in [5.41, 5.74) is 0. The molecule has 1 heterocycles. The molecule has 0 unspecified atom stereocenters. The minimum Gasteiger partial charge on any atom is -0.367 e. The van der Waals surface area contributed by atoms with Gasteiger partial charge < -0.3 is 5.32 Å². The van der Waals surface area contributed by atoms with Crippen LogP contribution in [0, 0.1) is 12.0 Å². The first-order valence-electron chi connectivity index (χ1n) is 3.70. The van der Waals surface area contributed by atoms with Crippen LogP contribution in [0.5, 0.6) is 0 Å². The summed E-state index contributed by atoms with van der Waals surface area (Å²) >= 11 is 0. The molecule has 1 aromatic heterocycles. The van der Waals surface area contributed by atoms with Crippen LogP contribution in [0.1, 0.15) is 12.8 Å². The molecular formula is C7H7F2N3. The molecule has 3 nitrogen and oxygen atoms in total. The summed E-state index contributed by atoms with van der Waals surface area (Å²) in [7, 11) is 0. The maximum atomic E-state index is 12.5. The molecule has 1 N–H and O–H groups in total. The monoisotopic (exact) mass is 171 g/mol. The molecule has 2 rings (SSSR count). The zero-order chi connectivity index (χ0) is 8.55. The van der Waals surface area contributed by atoms with E-state index >= 15 is 0 Å². The lowest BCUT2D eigenvalue weighted by Gasteiger charge is -2.01. The minimum absolute atomic E-state index is 0.225. The molecule has 0 bridgehead atoms. The molecule has 1 aliphatic carbocycles. The number of hydrogen-bond acceptors (Lipinski definition) is 3. The van der Waals surface area contributed by atoms with Gasteiger partial charge in [0.25, 0.3) is 0 Å². The zero-order valence-electron chi connectivity index (χ0n) is 6.22. The Bertz CT molecular complexity index is 278. The van der Waals surface area contributed by atoms with Gasteiger partial charge in [-0.1, -0.05) is 0 Å². The number of nitrogens with one attached hydrogen (secondary N) is 1. The van der Waals surface area contributed by atoms with Crippen molar-refractivity contribution in [1.29, 1.82) is 0 Å². The van der Waals surface area contributed by atoms with Gasteiger partial charge in [-0.3, -0.25) is 0 Å². The highest BCUT2D eigenvalue weighted by atomic mass is 19.1. The van der Waals surface area contributed by atoms with Crippen LogP contribution in [0.4, 0.5) is 14.6 Å². The molecule has 1 fully saturated rings. The molecule has 0 aromatic carbocycles. The van der Waals surface area contributed by atoms with E-state index in [4.69, 9.17) is 0 Å². The van der Waals surface area contributed by atoms with Crippen molar-refractivity contribution in [3.8, 4) is 0 Å². The highest BCUT2D eigenvalue weighted by Crippen LogP contribution is 2.23. The van der Waals surface area contributed by atoms with Crippen molar-refractivity contribution < 1.29 is 8.78 Å². The number of hydrogen-bond donors (Lipinski definition) is 1. The van der Waals surface area contributed by atoms with E-state index in [2.05, 4.69) is 15.3 Å². The van der Waals surface area contributed by atoms with Gasteiger partial charge in [0.05, 0.1) is 0 Å². The third kappa shape index (κ3) is 1.66. The standard InChI is InChI=1S/C7H7F2N3/c8-5-3-6(10-4-1-2-4)12-7(9)11-5/h3-4H,1-2H2,(H,10,11,12). The SMILES string of the molecule is Fc1cc(NC2CC2)nc(F)n1. The van der Waals surface area contributed by atoms with Crippen molar-refractivity contribution in [2.24, 2.45) is 0 Å². The molecule has 64 valence electrons. The van der Waals surface area contributed by atoms with Crippen LogP contribution in [0.2, 0.25) is 0 Å². The highest BCUT2D eigenvalue weighted by molar-refractivity contribution is 5.35. The van der Waals surface area contributed by atoms with Gasteiger partial charge >= 0.3 is 6.08 Å². The summed E-state index contributed by atoms with van der Waals surface area (Å²) in [6, 6.07) is 1.42. The Morgan fingerprint density at radius 2 is 2.08 bits per heavy atom. The second-order valence-corrected chi connectivity index (χ2v) is 2.76. The van der Waals surface area contributed by atoms with Crippen LogP contribution in [0.3, 0.4) is 0 Å². The van der Waals surface area contributed by atoms with Crippen molar-refractivity contribution in [3.05, 3.63) is 18.1 Å². The quantitative estimate of drug-likeness (QED) is 0.538. The van der Waals surface area contributed by atoms with Crippen molar-refractivity contribution in [3.63, 3.8) is 0 Å². The van der Waals surface area contributed by atoms with Gasteiger partial charge in [0, 0.05) is 12.1 Å². The number of halogens is 2. The smallest absolute Gasteiger partial charge is 0.313 e. The fourth-order valence-electron chi connectivity index (χ4n) is 0.901. The lowest BCUT2D eigenvalue weighted by Crippen LogP contribution is -2.05. The number of anilines is 1. The van der Waals surface area contributed by atoms with Crippen LogP contribution in [-0.2, 0) is 0 Å². The topological polar surface area (TPSA) is 37.8 Å². The van der Waals surface area contributed by atoms with E-state index in [-0.39, 0.29) is 5.82 Å². The van der Waals surface area contributed by atoms with E-state index in [9.17, 15) is 8.78 Å². The average Bonchev–Trinajstić information content (AvgIpc) is 2.68. The third-order valence-electron chi connectivity index (χ3n) is 1.60. The van der Waals surface area contributed by atoms with Crippen LogP contribution in [0.15, 0.2) is 6.07 Å². The van der Waals surface area contributed by atoms with Crippen molar-refractivity contribution in [2.45, 2.75) is 18.9 Å². The summed E-state index contributed by atoms with van der Waals surface area (Å²) in [6.07, 6.45) is 1.04. The van der Waals surface area contributed by atoms with E-state index in [1.807, 2.05) is 0 Å². The molecule has 0 atom stereocenters. The van der Waals surface area contributed by atoms with Crippen LogP contribution < -0.4 is 5.32 Å². The van der Waals surface area contributed by atoms with E-state index < -0.39 is 12.0 Å². The summed E-state index contributed by atoms with van der Waals surface area (Å²) in [6.45, 7) is 0. The van der Waals surface area contributed by atoms with Crippen LogP contribution in [0.25, 0.3) is 0 Å². The first-order valence-corrected chi connectivity index (χ1v) is 3.70. The normalized spacial score (nSPS) is 16.2. The average molecular weight is 171 g/mol. The van der Waals surface area contributed by atoms with Gasteiger partial charge in [-0.05, 0) is 12.8 Å². The fourth-order valence-corrected chi connectivity index (χ4v) is 0.901. The summed E-state index contributed by atoms with van der Waals surface area (Å²) in [5, 5.41) is 2.87. The minimum atomic E-state index is -1.03. The second-order valence-electron chi connectivity index (χ2n) is 2.76. The molecule has 5 heteroatoms. The fraction of sp³-hybridized carbons (Fsp3) is 0.429. The summed E-state index contributed by atoms with van der Waals surface area (Å²) in [5.74, 6) is -0.617. The molecule has 1 aliphatic rings. The Balaban J connectivity index is 2.18. The van der Waals surface area contributed by atoms with Crippen LogP contribution >= 0.6 is 0 Å². The summed E-state index contributed by atoms with van der Waals surface area (Å²) < 4.78 is 24.9. The molecule has 0 aliphatic heterocycles. The van der Waals surface area contributed by atoms with Gasteiger partial charge in [-0.25, -0.2) is 0 Å². The third-order valence-corrected chi connectivity index (χ3v) is 1.60. The van der Waals surface area contributed by atoms with Gasteiger partial charge in [0.2, 0.25) is 5.95 Å². The number of aromatic nitrogens is 2. The van der Waals surface area contributed by atoms with Gasteiger partial charge in [-0.2, -0.15) is 18.7 Å². The number of rotatable bonds is 2. The lowest BCUT2D eigenvalue weighted by atomic mass is 10.5. The molecule has 1 saturated carbocycles. The Morgan fingerprint density at radius 3 is 2.67 bits per heavy atom. The molecule has 1 aromatic rings. The van der Waals surface area contributed by atoms with Gasteiger partial charge in [0.1, 0.15) is 5.82 Å². The second kappa shape index (κ2) is 2.66. The van der Waals surface area contributed by atoms with Crippen molar-refractivity contribution in [1.82, 2.24) is 9.97 Å². The number of nitrogens with zero attached hydrogens (tertiary/aromatic N) is 2. The molecular weight excluding hydrogens is 164 g/mol.